The molecule has 0 aliphatic heterocycles. The van der Waals surface area contributed by atoms with Gasteiger partial charge in [-0.1, -0.05) is 0 Å². The number of benzene rings is 1. The van der Waals surface area contributed by atoms with Crippen molar-refractivity contribution < 1.29 is 19.4 Å². The number of carboxylic acid groups (broad SMARTS) is 1. The van der Waals surface area contributed by atoms with E-state index in [0.29, 0.717) is 11.3 Å². The molecule has 0 bridgehead atoms. The molecule has 19 heavy (non-hydrogen) atoms. The largest absolute Gasteiger partial charge is 0.497 e. The van der Waals surface area contributed by atoms with E-state index in [-0.39, 0.29) is 24.9 Å². The molecule has 1 rings (SSSR count). The Kier molecular flexibility index (Phi) is 5.36. The van der Waals surface area contributed by atoms with Gasteiger partial charge in [0, 0.05) is 18.2 Å². The molecule has 0 aliphatic rings. The van der Waals surface area contributed by atoms with E-state index in [9.17, 15) is 9.59 Å². The van der Waals surface area contributed by atoms with Crippen LogP contribution in [0.5, 0.6) is 5.75 Å². The molecule has 0 aromatic heterocycles. The zero-order valence-electron chi connectivity index (χ0n) is 11.4. The van der Waals surface area contributed by atoms with Gasteiger partial charge in [-0.25, -0.2) is 0 Å². The fourth-order valence-corrected chi connectivity index (χ4v) is 1.71. The van der Waals surface area contributed by atoms with Gasteiger partial charge in [-0.15, -0.1) is 0 Å². The average molecular weight is 265 g/mol. The molecule has 1 amide bonds. The smallest absolute Gasteiger partial charge is 0.305 e. The fourth-order valence-electron chi connectivity index (χ4n) is 1.71. The van der Waals surface area contributed by atoms with Crippen LogP contribution in [0.4, 0.5) is 0 Å². The quantitative estimate of drug-likeness (QED) is 0.854. The third-order valence-corrected chi connectivity index (χ3v) is 2.79. The molecule has 1 aromatic rings. The molecule has 5 heteroatoms. The average Bonchev–Trinajstić information content (AvgIpc) is 2.38. The highest BCUT2D eigenvalue weighted by molar-refractivity contribution is 5.94. The van der Waals surface area contributed by atoms with Crippen LogP contribution in [0.25, 0.3) is 0 Å². The molecule has 0 spiro atoms. The van der Waals surface area contributed by atoms with E-state index in [0.717, 1.165) is 0 Å². The summed E-state index contributed by atoms with van der Waals surface area (Å²) >= 11 is 0. The number of ether oxygens (including phenoxy) is 1. The number of carboxylic acids is 1. The first-order chi connectivity index (χ1) is 8.95. The summed E-state index contributed by atoms with van der Waals surface area (Å²) < 4.78 is 5.03. The first kappa shape index (κ1) is 15.0. The second-order valence-electron chi connectivity index (χ2n) is 4.46. The molecule has 5 nitrogen and oxygen atoms in total. The van der Waals surface area contributed by atoms with Crippen molar-refractivity contribution in [3.05, 3.63) is 29.8 Å². The zero-order valence-corrected chi connectivity index (χ0v) is 11.4. The number of rotatable bonds is 6. The Morgan fingerprint density at radius 1 is 1.26 bits per heavy atom. The van der Waals surface area contributed by atoms with Gasteiger partial charge >= 0.3 is 5.97 Å². The molecule has 104 valence electrons. The molecule has 1 aromatic carbocycles. The van der Waals surface area contributed by atoms with Gasteiger partial charge in [-0.2, -0.15) is 0 Å². The number of aliphatic carboxylic acids is 1. The van der Waals surface area contributed by atoms with Crippen LogP contribution in [0.1, 0.15) is 30.6 Å². The third kappa shape index (κ3) is 4.28. The molecule has 0 unspecified atom stereocenters. The van der Waals surface area contributed by atoms with Crippen molar-refractivity contribution >= 4 is 11.9 Å². The van der Waals surface area contributed by atoms with Crippen LogP contribution in [0.2, 0.25) is 0 Å². The summed E-state index contributed by atoms with van der Waals surface area (Å²) in [4.78, 5) is 24.5. The van der Waals surface area contributed by atoms with Gasteiger partial charge < -0.3 is 14.7 Å². The summed E-state index contributed by atoms with van der Waals surface area (Å²) in [5.74, 6) is -0.398. The van der Waals surface area contributed by atoms with Crippen molar-refractivity contribution in [3.8, 4) is 5.75 Å². The number of carbonyl (C=O) groups is 2. The predicted octanol–water partition coefficient (Wildman–Crippen LogP) is 2.02. The molecule has 0 aliphatic carbocycles. The number of carbonyl (C=O) groups excluding carboxylic acids is 1. The van der Waals surface area contributed by atoms with E-state index in [1.165, 1.54) is 0 Å². The molecule has 0 heterocycles. The Morgan fingerprint density at radius 3 is 2.26 bits per heavy atom. The Hall–Kier alpha value is -2.04. The Balaban J connectivity index is 2.82. The van der Waals surface area contributed by atoms with Crippen molar-refractivity contribution in [2.45, 2.75) is 26.3 Å². The highest BCUT2D eigenvalue weighted by atomic mass is 16.5. The van der Waals surface area contributed by atoms with E-state index in [1.807, 2.05) is 13.8 Å². The number of nitrogens with zero attached hydrogens (tertiary/aromatic N) is 1. The Labute approximate surface area is 112 Å². The second kappa shape index (κ2) is 6.78. The van der Waals surface area contributed by atoms with E-state index in [2.05, 4.69) is 0 Å². The summed E-state index contributed by atoms with van der Waals surface area (Å²) in [6.45, 7) is 3.93. The molecule has 0 saturated heterocycles. The van der Waals surface area contributed by atoms with E-state index < -0.39 is 5.97 Å². The van der Waals surface area contributed by atoms with Gasteiger partial charge in [0.05, 0.1) is 13.5 Å². The predicted molar refractivity (Wildman–Crippen MR) is 71.4 cm³/mol. The molecule has 0 saturated carbocycles. The molecule has 0 radical (unpaired) electrons. The monoisotopic (exact) mass is 265 g/mol. The maximum atomic E-state index is 12.3. The van der Waals surface area contributed by atoms with Crippen LogP contribution in [0, 0.1) is 0 Å². The minimum absolute atomic E-state index is 0.0473. The van der Waals surface area contributed by atoms with Crippen LogP contribution in [0.3, 0.4) is 0 Å². The minimum atomic E-state index is -0.909. The Morgan fingerprint density at radius 2 is 1.84 bits per heavy atom. The Bertz CT molecular complexity index is 439. The maximum absolute atomic E-state index is 12.3. The van der Waals surface area contributed by atoms with Crippen molar-refractivity contribution in [1.29, 1.82) is 0 Å². The van der Waals surface area contributed by atoms with E-state index >= 15 is 0 Å². The van der Waals surface area contributed by atoms with Gasteiger partial charge in [0.15, 0.2) is 0 Å². The van der Waals surface area contributed by atoms with Gasteiger partial charge in [0.2, 0.25) is 0 Å². The normalized spacial score (nSPS) is 10.3. The molecular formula is C14H19NO4. The molecule has 0 fully saturated rings. The van der Waals surface area contributed by atoms with E-state index in [1.54, 1.807) is 36.3 Å². The minimum Gasteiger partial charge on any atom is -0.497 e. The standard InChI is InChI=1S/C14H19NO4/c1-10(2)15(9-8-13(16)17)14(18)11-4-6-12(19-3)7-5-11/h4-7,10H,8-9H2,1-3H3,(H,16,17). The highest BCUT2D eigenvalue weighted by Crippen LogP contribution is 2.14. The molecule has 1 N–H and O–H groups in total. The summed E-state index contributed by atoms with van der Waals surface area (Å²) in [5.41, 5.74) is 0.528. The summed E-state index contributed by atoms with van der Waals surface area (Å²) in [7, 11) is 1.56. The highest BCUT2D eigenvalue weighted by Gasteiger charge is 2.19. The molecule has 0 atom stereocenters. The first-order valence-electron chi connectivity index (χ1n) is 6.12. The van der Waals surface area contributed by atoms with Crippen molar-refractivity contribution in [3.63, 3.8) is 0 Å². The van der Waals surface area contributed by atoms with Gasteiger partial charge in [-0.3, -0.25) is 9.59 Å². The zero-order chi connectivity index (χ0) is 14.4. The van der Waals surface area contributed by atoms with Crippen LogP contribution in [-0.4, -0.2) is 41.6 Å². The maximum Gasteiger partial charge on any atom is 0.305 e. The van der Waals surface area contributed by atoms with Gasteiger partial charge in [0.1, 0.15) is 5.75 Å². The summed E-state index contributed by atoms with van der Waals surface area (Å²) in [6.07, 6.45) is -0.0555. The van der Waals surface area contributed by atoms with Crippen LogP contribution >= 0.6 is 0 Å². The fraction of sp³-hybridized carbons (Fsp3) is 0.429. The third-order valence-electron chi connectivity index (χ3n) is 2.79. The van der Waals surface area contributed by atoms with Crippen LogP contribution in [0.15, 0.2) is 24.3 Å². The van der Waals surface area contributed by atoms with Crippen molar-refractivity contribution in [1.82, 2.24) is 4.90 Å². The first-order valence-corrected chi connectivity index (χ1v) is 6.12. The number of methoxy groups -OCH3 is 1. The summed E-state index contributed by atoms with van der Waals surface area (Å²) in [6, 6.07) is 6.73. The van der Waals surface area contributed by atoms with Crippen LogP contribution in [-0.2, 0) is 4.79 Å². The SMILES string of the molecule is COc1ccc(C(=O)N(CCC(=O)O)C(C)C)cc1. The number of hydrogen-bond acceptors (Lipinski definition) is 3. The van der Waals surface area contributed by atoms with Crippen LogP contribution < -0.4 is 4.74 Å². The lowest BCUT2D eigenvalue weighted by molar-refractivity contribution is -0.137. The lowest BCUT2D eigenvalue weighted by Gasteiger charge is -2.26. The summed E-state index contributed by atoms with van der Waals surface area (Å²) in [5, 5.41) is 8.71. The molecular weight excluding hydrogens is 246 g/mol. The second-order valence-corrected chi connectivity index (χ2v) is 4.46. The van der Waals surface area contributed by atoms with Gasteiger partial charge in [0.25, 0.3) is 5.91 Å². The van der Waals surface area contributed by atoms with Gasteiger partial charge in [-0.05, 0) is 38.1 Å². The van der Waals surface area contributed by atoms with Crippen molar-refractivity contribution in [2.75, 3.05) is 13.7 Å². The van der Waals surface area contributed by atoms with Crippen molar-refractivity contribution in [2.24, 2.45) is 0 Å². The number of amides is 1. The van der Waals surface area contributed by atoms with E-state index in [4.69, 9.17) is 9.84 Å². The lowest BCUT2D eigenvalue weighted by Crippen LogP contribution is -2.38. The lowest BCUT2D eigenvalue weighted by atomic mass is 10.1. The number of hydrogen-bond donors (Lipinski definition) is 1. The topological polar surface area (TPSA) is 66.8 Å².